The standard InChI is InChI=1S/C24H37N3O5S/c1-23(2)18-7-8-24(3,16-18)22(23)26-21(28)17-5-6-19(25-9-12-31-4)20(15-17)33(29,30)27-10-13-32-14-11-27/h5-6,15,18,22,25H,7-14,16H2,1-4H3,(H,26,28)/t18-,22?,24?/m1/s1. The second kappa shape index (κ2) is 9.17. The number of ether oxygens (including phenoxy) is 2. The summed E-state index contributed by atoms with van der Waals surface area (Å²) in [4.78, 5) is 13.5. The Bertz CT molecular complexity index is 985. The second-order valence-corrected chi connectivity index (χ2v) is 12.4. The van der Waals surface area contributed by atoms with Gasteiger partial charge in [0.25, 0.3) is 5.91 Å². The SMILES string of the molecule is COCCNc1ccc(C(=O)NC2C3(C)CC[C@H](C3)C2(C)C)cc1S(=O)(=O)N1CCOCC1. The van der Waals surface area contributed by atoms with E-state index in [0.29, 0.717) is 56.6 Å². The molecule has 1 saturated heterocycles. The molecule has 2 unspecified atom stereocenters. The third kappa shape index (κ3) is 4.52. The van der Waals surface area contributed by atoms with Gasteiger partial charge in [0.1, 0.15) is 4.90 Å². The monoisotopic (exact) mass is 479 g/mol. The van der Waals surface area contributed by atoms with Crippen molar-refractivity contribution in [2.75, 3.05) is 51.9 Å². The maximum Gasteiger partial charge on any atom is 0.251 e. The maximum atomic E-state index is 13.5. The Morgan fingerprint density at radius 3 is 2.61 bits per heavy atom. The molecule has 3 atom stereocenters. The van der Waals surface area contributed by atoms with Crippen molar-refractivity contribution >= 4 is 21.6 Å². The first-order chi connectivity index (χ1) is 15.6. The summed E-state index contributed by atoms with van der Waals surface area (Å²) in [6.07, 6.45) is 3.45. The van der Waals surface area contributed by atoms with Crippen molar-refractivity contribution in [2.45, 2.75) is 51.0 Å². The van der Waals surface area contributed by atoms with E-state index in [1.165, 1.54) is 16.8 Å². The fourth-order valence-corrected chi connectivity index (χ4v) is 7.72. The Kier molecular flexibility index (Phi) is 6.79. The molecule has 0 radical (unpaired) electrons. The Labute approximate surface area is 197 Å². The fourth-order valence-electron chi connectivity index (χ4n) is 6.11. The molecule has 3 fully saturated rings. The van der Waals surface area contributed by atoms with Crippen LogP contribution in [0.15, 0.2) is 23.1 Å². The van der Waals surface area contributed by atoms with Gasteiger partial charge in [-0.1, -0.05) is 20.8 Å². The zero-order chi connectivity index (χ0) is 23.9. The van der Waals surface area contributed by atoms with Gasteiger partial charge in [-0.3, -0.25) is 4.79 Å². The van der Waals surface area contributed by atoms with E-state index < -0.39 is 10.0 Å². The lowest BCUT2D eigenvalue weighted by Crippen LogP contribution is -2.52. The van der Waals surface area contributed by atoms with Crippen LogP contribution < -0.4 is 10.6 Å². The molecule has 9 heteroatoms. The summed E-state index contributed by atoms with van der Waals surface area (Å²) >= 11 is 0. The molecule has 1 heterocycles. The van der Waals surface area contributed by atoms with Gasteiger partial charge in [0, 0.05) is 38.3 Å². The first-order valence-electron chi connectivity index (χ1n) is 11.9. The van der Waals surface area contributed by atoms with Gasteiger partial charge in [-0.15, -0.1) is 0 Å². The Balaban J connectivity index is 1.62. The third-order valence-electron chi connectivity index (χ3n) is 8.00. The van der Waals surface area contributed by atoms with Crippen LogP contribution in [-0.4, -0.2) is 71.2 Å². The van der Waals surface area contributed by atoms with Gasteiger partial charge in [-0.2, -0.15) is 4.31 Å². The van der Waals surface area contributed by atoms with Crippen molar-refractivity contribution in [2.24, 2.45) is 16.7 Å². The largest absolute Gasteiger partial charge is 0.383 e. The van der Waals surface area contributed by atoms with Crippen molar-refractivity contribution in [1.82, 2.24) is 9.62 Å². The lowest BCUT2D eigenvalue weighted by Gasteiger charge is -2.43. The van der Waals surface area contributed by atoms with Crippen LogP contribution in [0.25, 0.3) is 0 Å². The first-order valence-corrected chi connectivity index (χ1v) is 13.3. The van der Waals surface area contributed by atoms with Crippen LogP contribution >= 0.6 is 0 Å². The molecule has 8 nitrogen and oxygen atoms in total. The molecule has 2 bridgehead atoms. The highest BCUT2D eigenvalue weighted by Crippen LogP contribution is 2.62. The molecule has 2 N–H and O–H groups in total. The summed E-state index contributed by atoms with van der Waals surface area (Å²) in [5, 5.41) is 6.43. The van der Waals surface area contributed by atoms with Gasteiger partial charge < -0.3 is 20.1 Å². The molecule has 3 aliphatic rings. The van der Waals surface area contributed by atoms with Gasteiger partial charge in [0.15, 0.2) is 0 Å². The van der Waals surface area contributed by atoms with Crippen molar-refractivity contribution < 1.29 is 22.7 Å². The van der Waals surface area contributed by atoms with E-state index >= 15 is 0 Å². The molecular formula is C24H37N3O5S. The summed E-state index contributed by atoms with van der Waals surface area (Å²) in [5.74, 6) is 0.390. The van der Waals surface area contributed by atoms with Crippen LogP contribution in [0.2, 0.25) is 0 Å². The van der Waals surface area contributed by atoms with Gasteiger partial charge in [-0.05, 0) is 54.2 Å². The molecule has 1 aromatic rings. The Morgan fingerprint density at radius 1 is 1.24 bits per heavy atom. The quantitative estimate of drug-likeness (QED) is 0.557. The van der Waals surface area contributed by atoms with E-state index in [9.17, 15) is 13.2 Å². The molecule has 0 aromatic heterocycles. The van der Waals surface area contributed by atoms with Crippen molar-refractivity contribution in [1.29, 1.82) is 0 Å². The van der Waals surface area contributed by atoms with E-state index in [4.69, 9.17) is 9.47 Å². The lowest BCUT2D eigenvalue weighted by molar-refractivity contribution is 0.0729. The summed E-state index contributed by atoms with van der Waals surface area (Å²) in [6.45, 7) is 8.97. The minimum Gasteiger partial charge on any atom is -0.383 e. The van der Waals surface area contributed by atoms with Crippen LogP contribution in [0.3, 0.4) is 0 Å². The minimum atomic E-state index is -3.79. The fraction of sp³-hybridized carbons (Fsp3) is 0.708. The van der Waals surface area contributed by atoms with Crippen molar-refractivity contribution in [3.8, 4) is 0 Å². The normalized spacial score (nSPS) is 29.2. The molecule has 184 valence electrons. The molecule has 1 aromatic carbocycles. The molecule has 4 rings (SSSR count). The molecule has 2 saturated carbocycles. The predicted octanol–water partition coefficient (Wildman–Crippen LogP) is 2.71. The zero-order valence-electron chi connectivity index (χ0n) is 20.1. The maximum absolute atomic E-state index is 13.5. The van der Waals surface area contributed by atoms with E-state index in [0.717, 1.165) is 12.8 Å². The van der Waals surface area contributed by atoms with E-state index in [2.05, 4.69) is 31.4 Å². The van der Waals surface area contributed by atoms with Crippen LogP contribution in [0.1, 0.15) is 50.4 Å². The van der Waals surface area contributed by atoms with Crippen LogP contribution in [0, 0.1) is 16.7 Å². The average Bonchev–Trinajstić information content (AvgIpc) is 3.28. The van der Waals surface area contributed by atoms with Crippen molar-refractivity contribution in [3.05, 3.63) is 23.8 Å². The Morgan fingerprint density at radius 2 is 1.97 bits per heavy atom. The van der Waals surface area contributed by atoms with Gasteiger partial charge >= 0.3 is 0 Å². The lowest BCUT2D eigenvalue weighted by atomic mass is 9.68. The third-order valence-corrected chi connectivity index (χ3v) is 9.94. The number of sulfonamides is 1. The summed E-state index contributed by atoms with van der Waals surface area (Å²) < 4.78 is 38.8. The second-order valence-electron chi connectivity index (χ2n) is 10.5. The van der Waals surface area contributed by atoms with E-state index in [-0.39, 0.29) is 27.7 Å². The number of carbonyl (C=O) groups excluding carboxylic acids is 1. The number of rotatable bonds is 8. The zero-order valence-corrected chi connectivity index (χ0v) is 21.0. The highest BCUT2D eigenvalue weighted by molar-refractivity contribution is 7.89. The summed E-state index contributed by atoms with van der Waals surface area (Å²) in [7, 11) is -2.19. The number of morpholine rings is 1. The minimum absolute atomic E-state index is 0.0208. The number of nitrogens with zero attached hydrogens (tertiary/aromatic N) is 1. The summed E-state index contributed by atoms with van der Waals surface area (Å²) in [6, 6.07) is 4.96. The number of hydrogen-bond donors (Lipinski definition) is 2. The van der Waals surface area contributed by atoms with E-state index in [1.807, 2.05) is 0 Å². The molecule has 1 aliphatic heterocycles. The van der Waals surface area contributed by atoms with Gasteiger partial charge in [0.05, 0.1) is 25.5 Å². The number of benzene rings is 1. The first kappa shape index (κ1) is 24.4. The molecule has 0 spiro atoms. The topological polar surface area (TPSA) is 97.0 Å². The number of methoxy groups -OCH3 is 1. The highest BCUT2D eigenvalue weighted by Gasteiger charge is 2.59. The van der Waals surface area contributed by atoms with E-state index in [1.54, 1.807) is 19.2 Å². The van der Waals surface area contributed by atoms with Crippen LogP contribution in [-0.2, 0) is 19.5 Å². The molecule has 2 aliphatic carbocycles. The number of hydrogen-bond acceptors (Lipinski definition) is 6. The number of nitrogens with one attached hydrogen (secondary N) is 2. The Hall–Kier alpha value is -1.68. The highest BCUT2D eigenvalue weighted by atomic mass is 32.2. The number of fused-ring (bicyclic) bond motifs is 2. The van der Waals surface area contributed by atoms with Crippen LogP contribution in [0.5, 0.6) is 0 Å². The molecule has 1 amide bonds. The molecule has 33 heavy (non-hydrogen) atoms. The predicted molar refractivity (Wildman–Crippen MR) is 127 cm³/mol. The van der Waals surface area contributed by atoms with Gasteiger partial charge in [-0.25, -0.2) is 8.42 Å². The van der Waals surface area contributed by atoms with Crippen LogP contribution in [0.4, 0.5) is 5.69 Å². The average molecular weight is 480 g/mol. The number of anilines is 1. The number of carbonyl (C=O) groups is 1. The number of amides is 1. The van der Waals surface area contributed by atoms with Crippen molar-refractivity contribution in [3.63, 3.8) is 0 Å². The summed E-state index contributed by atoms with van der Waals surface area (Å²) in [5.41, 5.74) is 0.949. The molecular weight excluding hydrogens is 442 g/mol. The smallest absolute Gasteiger partial charge is 0.251 e. The van der Waals surface area contributed by atoms with Gasteiger partial charge in [0.2, 0.25) is 10.0 Å².